The van der Waals surface area contributed by atoms with Crippen LogP contribution in [0.2, 0.25) is 0 Å². The second-order valence-electron chi connectivity index (χ2n) is 4.66. The maximum atomic E-state index is 9.24. The van der Waals surface area contributed by atoms with Crippen molar-refractivity contribution in [1.82, 2.24) is 15.5 Å². The zero-order chi connectivity index (χ0) is 13.5. The van der Waals surface area contributed by atoms with Gasteiger partial charge in [-0.15, -0.1) is 5.10 Å². The first-order valence-corrected chi connectivity index (χ1v) is 6.50. The van der Waals surface area contributed by atoms with Crippen LogP contribution in [0.5, 0.6) is 0 Å². The van der Waals surface area contributed by atoms with Crippen molar-refractivity contribution in [1.29, 1.82) is 0 Å². The molecule has 6 nitrogen and oxygen atoms in total. The Hall–Kier alpha value is -1.14. The van der Waals surface area contributed by atoms with Crippen molar-refractivity contribution in [2.45, 2.75) is 45.8 Å². The topological polar surface area (TPSA) is 74.4 Å². The van der Waals surface area contributed by atoms with E-state index in [0.717, 1.165) is 13.0 Å². The van der Waals surface area contributed by atoms with Crippen LogP contribution in [-0.4, -0.2) is 41.5 Å². The molecule has 0 saturated carbocycles. The van der Waals surface area contributed by atoms with Crippen LogP contribution >= 0.6 is 0 Å². The Kier molecular flexibility index (Phi) is 6.07. The smallest absolute Gasteiger partial charge is 0.317 e. The molecule has 0 aromatic carbocycles. The summed E-state index contributed by atoms with van der Waals surface area (Å²) < 4.78 is 5.60. The van der Waals surface area contributed by atoms with E-state index < -0.39 is 0 Å². The van der Waals surface area contributed by atoms with E-state index in [-0.39, 0.29) is 12.1 Å². The Balaban J connectivity index is 2.51. The number of rotatable bonds is 8. The van der Waals surface area contributed by atoms with Crippen LogP contribution in [0.25, 0.3) is 0 Å². The molecule has 0 spiro atoms. The van der Waals surface area contributed by atoms with Gasteiger partial charge in [0.05, 0.1) is 12.1 Å². The van der Waals surface area contributed by atoms with Crippen molar-refractivity contribution >= 4 is 6.01 Å². The van der Waals surface area contributed by atoms with Gasteiger partial charge in [-0.25, -0.2) is 0 Å². The lowest BCUT2D eigenvalue weighted by Gasteiger charge is -2.14. The summed E-state index contributed by atoms with van der Waals surface area (Å²) in [5.41, 5.74) is 0. The highest BCUT2D eigenvalue weighted by Gasteiger charge is 2.15. The molecular formula is C12H24N4O2. The predicted molar refractivity (Wildman–Crippen MR) is 70.6 cm³/mol. The Morgan fingerprint density at radius 1 is 1.39 bits per heavy atom. The number of aliphatic hydroxyl groups excluding tert-OH is 1. The maximum absolute atomic E-state index is 9.24. The minimum Gasteiger partial charge on any atom is -0.406 e. The molecule has 0 amide bonds. The molecule has 0 aliphatic carbocycles. The molecule has 6 heteroatoms. The molecule has 1 rings (SSSR count). The van der Waals surface area contributed by atoms with E-state index in [4.69, 9.17) is 4.42 Å². The van der Waals surface area contributed by atoms with E-state index in [1.807, 2.05) is 18.9 Å². The molecule has 2 atom stereocenters. The van der Waals surface area contributed by atoms with Crippen molar-refractivity contribution in [3.8, 4) is 0 Å². The van der Waals surface area contributed by atoms with Crippen LogP contribution in [0, 0.1) is 0 Å². The van der Waals surface area contributed by atoms with E-state index in [9.17, 15) is 5.11 Å². The van der Waals surface area contributed by atoms with Crippen LogP contribution in [0.4, 0.5) is 6.01 Å². The number of nitrogens with one attached hydrogen (secondary N) is 1. The Bertz CT molecular complexity index is 341. The molecule has 1 heterocycles. The Morgan fingerprint density at radius 2 is 2.11 bits per heavy atom. The Labute approximate surface area is 108 Å². The second kappa shape index (κ2) is 7.33. The fraction of sp³-hybridized carbons (Fsp3) is 0.833. The van der Waals surface area contributed by atoms with Crippen LogP contribution < -0.4 is 10.2 Å². The highest BCUT2D eigenvalue weighted by atomic mass is 16.4. The summed E-state index contributed by atoms with van der Waals surface area (Å²) in [4.78, 5) is 1.86. The lowest BCUT2D eigenvalue weighted by molar-refractivity contribution is 0.186. The molecule has 1 aromatic heterocycles. The summed E-state index contributed by atoms with van der Waals surface area (Å²) in [5, 5.41) is 20.6. The van der Waals surface area contributed by atoms with Crippen molar-refractivity contribution in [3.63, 3.8) is 0 Å². The minimum atomic E-state index is -0.319. The summed E-state index contributed by atoms with van der Waals surface area (Å²) >= 11 is 0. The third-order valence-corrected chi connectivity index (χ3v) is 2.71. The van der Waals surface area contributed by atoms with Gasteiger partial charge >= 0.3 is 6.01 Å². The highest BCUT2D eigenvalue weighted by molar-refractivity contribution is 5.21. The molecule has 18 heavy (non-hydrogen) atoms. The number of hydrogen-bond acceptors (Lipinski definition) is 6. The van der Waals surface area contributed by atoms with E-state index in [1.54, 1.807) is 6.92 Å². The summed E-state index contributed by atoms with van der Waals surface area (Å²) in [6.07, 6.45) is 1.43. The van der Waals surface area contributed by atoms with Crippen LogP contribution in [0.3, 0.4) is 0 Å². The molecule has 1 aromatic rings. The largest absolute Gasteiger partial charge is 0.406 e. The van der Waals surface area contributed by atoms with Crippen molar-refractivity contribution in [3.05, 3.63) is 5.89 Å². The molecule has 0 radical (unpaired) electrons. The molecule has 2 N–H and O–H groups in total. The average molecular weight is 256 g/mol. The number of anilines is 1. The van der Waals surface area contributed by atoms with E-state index in [0.29, 0.717) is 24.9 Å². The van der Waals surface area contributed by atoms with Crippen LogP contribution in [-0.2, 0) is 0 Å². The van der Waals surface area contributed by atoms with Gasteiger partial charge in [-0.1, -0.05) is 12.0 Å². The zero-order valence-corrected chi connectivity index (χ0v) is 11.7. The first-order chi connectivity index (χ1) is 8.54. The highest BCUT2D eigenvalue weighted by Crippen LogP contribution is 2.16. The molecule has 0 saturated heterocycles. The van der Waals surface area contributed by atoms with E-state index in [2.05, 4.69) is 22.4 Å². The fourth-order valence-electron chi connectivity index (χ4n) is 1.48. The summed E-state index contributed by atoms with van der Waals surface area (Å²) in [6, 6.07) is 0.562. The quantitative estimate of drug-likeness (QED) is 0.731. The second-order valence-corrected chi connectivity index (χ2v) is 4.66. The number of aromatic nitrogens is 2. The summed E-state index contributed by atoms with van der Waals surface area (Å²) in [6.45, 7) is 7.50. The van der Waals surface area contributed by atoms with Crippen LogP contribution in [0.15, 0.2) is 4.42 Å². The van der Waals surface area contributed by atoms with Gasteiger partial charge in [-0.2, -0.15) is 0 Å². The third kappa shape index (κ3) is 4.62. The molecule has 104 valence electrons. The van der Waals surface area contributed by atoms with Crippen molar-refractivity contribution in [2.24, 2.45) is 0 Å². The third-order valence-electron chi connectivity index (χ3n) is 2.71. The summed E-state index contributed by atoms with van der Waals surface area (Å²) in [5.74, 6) is 0.599. The van der Waals surface area contributed by atoms with Gasteiger partial charge in [0, 0.05) is 13.6 Å². The normalized spacial score (nSPS) is 14.5. The van der Waals surface area contributed by atoms with Crippen LogP contribution in [0.1, 0.15) is 45.5 Å². The first-order valence-electron chi connectivity index (χ1n) is 6.50. The SMILES string of the molecule is CCCNC(C)c1nnc(N(C)CCC(C)O)o1. The van der Waals surface area contributed by atoms with Gasteiger partial charge < -0.3 is 19.7 Å². The van der Waals surface area contributed by atoms with Gasteiger partial charge in [0.1, 0.15) is 0 Å². The van der Waals surface area contributed by atoms with Gasteiger partial charge in [-0.3, -0.25) is 0 Å². The first kappa shape index (κ1) is 14.9. The zero-order valence-electron chi connectivity index (χ0n) is 11.7. The molecule has 0 aliphatic heterocycles. The summed E-state index contributed by atoms with van der Waals surface area (Å²) in [7, 11) is 1.88. The van der Waals surface area contributed by atoms with Gasteiger partial charge in [0.25, 0.3) is 0 Å². The van der Waals surface area contributed by atoms with Crippen molar-refractivity contribution in [2.75, 3.05) is 25.0 Å². The molecule has 0 bridgehead atoms. The van der Waals surface area contributed by atoms with E-state index in [1.165, 1.54) is 0 Å². The number of hydrogen-bond donors (Lipinski definition) is 2. The average Bonchev–Trinajstić information content (AvgIpc) is 2.82. The molecular weight excluding hydrogens is 232 g/mol. The number of aliphatic hydroxyl groups is 1. The standard InChI is InChI=1S/C12H24N4O2/c1-5-7-13-10(3)11-14-15-12(18-11)16(4)8-6-9(2)17/h9-10,13,17H,5-8H2,1-4H3. The Morgan fingerprint density at radius 3 is 2.72 bits per heavy atom. The fourth-order valence-corrected chi connectivity index (χ4v) is 1.48. The van der Waals surface area contributed by atoms with E-state index >= 15 is 0 Å². The molecule has 2 unspecified atom stereocenters. The number of nitrogens with zero attached hydrogens (tertiary/aromatic N) is 3. The maximum Gasteiger partial charge on any atom is 0.317 e. The van der Waals surface area contributed by atoms with Gasteiger partial charge in [-0.05, 0) is 33.2 Å². The molecule has 0 aliphatic rings. The predicted octanol–water partition coefficient (Wildman–Crippen LogP) is 1.34. The van der Waals surface area contributed by atoms with Crippen molar-refractivity contribution < 1.29 is 9.52 Å². The lowest BCUT2D eigenvalue weighted by Crippen LogP contribution is -2.22. The monoisotopic (exact) mass is 256 g/mol. The lowest BCUT2D eigenvalue weighted by atomic mass is 10.3. The molecule has 0 fully saturated rings. The van der Waals surface area contributed by atoms with Gasteiger partial charge in [0.2, 0.25) is 5.89 Å². The van der Waals surface area contributed by atoms with Gasteiger partial charge in [0.15, 0.2) is 0 Å². The minimum absolute atomic E-state index is 0.0661.